The average Bonchev–Trinajstić information content (AvgIpc) is 3.12. The highest BCUT2D eigenvalue weighted by molar-refractivity contribution is 6.01. The third-order valence-corrected chi connectivity index (χ3v) is 5.35. The molecule has 0 unspecified atom stereocenters. The van der Waals surface area contributed by atoms with E-state index in [1.54, 1.807) is 0 Å². The van der Waals surface area contributed by atoms with Gasteiger partial charge in [0.1, 0.15) is 6.10 Å². The zero-order chi connectivity index (χ0) is 13.0. The second kappa shape index (κ2) is 4.04. The molecule has 0 radical (unpaired) electrons. The van der Waals surface area contributed by atoms with Gasteiger partial charge in [0.2, 0.25) is 0 Å². The highest BCUT2D eigenvalue weighted by Crippen LogP contribution is 2.57. The van der Waals surface area contributed by atoms with Gasteiger partial charge < -0.3 is 5.11 Å². The highest BCUT2D eigenvalue weighted by Gasteiger charge is 2.54. The Morgan fingerprint density at radius 3 is 2.58 bits per heavy atom. The fraction of sp³-hybridized carbons (Fsp3) is 0.471. The summed E-state index contributed by atoms with van der Waals surface area (Å²) in [6.07, 6.45) is 5.06. The van der Waals surface area contributed by atoms with Gasteiger partial charge in [-0.2, -0.15) is 0 Å². The molecule has 0 amide bonds. The third kappa shape index (κ3) is 1.56. The lowest BCUT2D eigenvalue weighted by Crippen LogP contribution is -2.24. The maximum absolute atomic E-state index is 12.6. The van der Waals surface area contributed by atoms with Crippen LogP contribution in [0, 0.1) is 23.7 Å². The number of hydrogen-bond acceptors (Lipinski definition) is 2. The summed E-state index contributed by atoms with van der Waals surface area (Å²) in [6, 6.07) is 9.52. The molecule has 0 saturated heterocycles. The molecular formula is C17H18O2. The van der Waals surface area contributed by atoms with Crippen molar-refractivity contribution >= 4 is 5.78 Å². The summed E-state index contributed by atoms with van der Waals surface area (Å²) < 4.78 is 0. The van der Waals surface area contributed by atoms with Crippen molar-refractivity contribution in [2.45, 2.75) is 25.4 Å². The van der Waals surface area contributed by atoms with Crippen LogP contribution in [0.3, 0.4) is 0 Å². The van der Waals surface area contributed by atoms with Crippen LogP contribution in [-0.2, 0) is 4.79 Å². The van der Waals surface area contributed by atoms with E-state index in [1.807, 2.05) is 30.3 Å². The van der Waals surface area contributed by atoms with Crippen molar-refractivity contribution in [1.29, 1.82) is 0 Å². The number of allylic oxidation sites excluding steroid dienone is 1. The first kappa shape index (κ1) is 11.4. The maximum atomic E-state index is 12.6. The van der Waals surface area contributed by atoms with Crippen molar-refractivity contribution in [2.75, 3.05) is 0 Å². The third-order valence-electron chi connectivity index (χ3n) is 5.35. The Morgan fingerprint density at radius 1 is 1.11 bits per heavy atom. The number of carbonyl (C=O) groups excluding carboxylic acids is 1. The molecule has 2 fully saturated rings. The Morgan fingerprint density at radius 2 is 1.84 bits per heavy atom. The summed E-state index contributed by atoms with van der Waals surface area (Å²) >= 11 is 0. The molecule has 3 aliphatic rings. The molecule has 2 heteroatoms. The van der Waals surface area contributed by atoms with Gasteiger partial charge in [-0.05, 0) is 42.6 Å². The van der Waals surface area contributed by atoms with E-state index in [0.29, 0.717) is 23.3 Å². The Hall–Kier alpha value is -1.41. The van der Waals surface area contributed by atoms with E-state index in [9.17, 15) is 9.90 Å². The number of ketones is 1. The number of aliphatic hydroxyl groups is 1. The smallest absolute Gasteiger partial charge is 0.165 e. The minimum Gasteiger partial charge on any atom is -0.384 e. The Kier molecular flexibility index (Phi) is 2.43. The first-order valence-electron chi connectivity index (χ1n) is 7.24. The van der Waals surface area contributed by atoms with Gasteiger partial charge >= 0.3 is 0 Å². The molecule has 3 aliphatic carbocycles. The zero-order valence-corrected chi connectivity index (χ0v) is 10.8. The lowest BCUT2D eigenvalue weighted by atomic mass is 9.81. The summed E-state index contributed by atoms with van der Waals surface area (Å²) in [5.41, 5.74) is 1.48. The summed E-state index contributed by atoms with van der Waals surface area (Å²) in [6.45, 7) is 0. The Bertz CT molecular complexity index is 546. The normalized spacial score (nSPS) is 37.3. The van der Waals surface area contributed by atoms with Crippen LogP contribution in [0.5, 0.6) is 0 Å². The van der Waals surface area contributed by atoms with E-state index in [-0.39, 0.29) is 11.7 Å². The molecule has 0 heterocycles. The van der Waals surface area contributed by atoms with Gasteiger partial charge in [0, 0.05) is 11.5 Å². The van der Waals surface area contributed by atoms with Gasteiger partial charge in [-0.1, -0.05) is 36.4 Å². The summed E-state index contributed by atoms with van der Waals surface area (Å²) in [5, 5.41) is 10.4. The highest BCUT2D eigenvalue weighted by atomic mass is 16.3. The van der Waals surface area contributed by atoms with Crippen LogP contribution < -0.4 is 0 Å². The predicted molar refractivity (Wildman–Crippen MR) is 72.3 cm³/mol. The van der Waals surface area contributed by atoms with E-state index >= 15 is 0 Å². The molecule has 1 aromatic rings. The van der Waals surface area contributed by atoms with E-state index in [1.165, 1.54) is 19.3 Å². The van der Waals surface area contributed by atoms with Gasteiger partial charge in [0.05, 0.1) is 0 Å². The molecule has 0 aliphatic heterocycles. The number of fused-ring (bicyclic) bond motifs is 5. The number of benzene rings is 1. The van der Waals surface area contributed by atoms with Crippen LogP contribution in [0.4, 0.5) is 0 Å². The molecule has 19 heavy (non-hydrogen) atoms. The monoisotopic (exact) mass is 254 g/mol. The van der Waals surface area contributed by atoms with Crippen molar-refractivity contribution < 1.29 is 9.90 Å². The SMILES string of the molecule is O=C1C([C@@H](O)c2ccccc2)=C[C@H]2[C@@H]3CC[C@@H](C3)[C@@H]12. The number of rotatable bonds is 2. The van der Waals surface area contributed by atoms with E-state index in [2.05, 4.69) is 6.08 Å². The van der Waals surface area contributed by atoms with Crippen molar-refractivity contribution in [3.63, 3.8) is 0 Å². The van der Waals surface area contributed by atoms with Crippen LogP contribution in [-0.4, -0.2) is 10.9 Å². The summed E-state index contributed by atoms with van der Waals surface area (Å²) in [5.74, 6) is 2.10. The fourth-order valence-corrected chi connectivity index (χ4v) is 4.49. The van der Waals surface area contributed by atoms with E-state index < -0.39 is 6.10 Å². The summed E-state index contributed by atoms with van der Waals surface area (Å²) in [7, 11) is 0. The molecule has 2 nitrogen and oxygen atoms in total. The first-order valence-corrected chi connectivity index (χ1v) is 7.24. The van der Waals surface area contributed by atoms with E-state index in [0.717, 1.165) is 5.56 Å². The quantitative estimate of drug-likeness (QED) is 0.881. The Balaban J connectivity index is 1.66. The number of hydrogen-bond donors (Lipinski definition) is 1. The van der Waals surface area contributed by atoms with Gasteiger partial charge in [-0.3, -0.25) is 4.79 Å². The molecule has 0 spiro atoms. The molecule has 98 valence electrons. The maximum Gasteiger partial charge on any atom is 0.165 e. The molecule has 4 rings (SSSR count). The average molecular weight is 254 g/mol. The lowest BCUT2D eigenvalue weighted by Gasteiger charge is -2.22. The van der Waals surface area contributed by atoms with Crippen LogP contribution in [0.25, 0.3) is 0 Å². The second-order valence-electron chi connectivity index (χ2n) is 6.24. The topological polar surface area (TPSA) is 37.3 Å². The van der Waals surface area contributed by atoms with Gasteiger partial charge in [-0.25, -0.2) is 0 Å². The van der Waals surface area contributed by atoms with Crippen LogP contribution in [0.15, 0.2) is 42.0 Å². The van der Waals surface area contributed by atoms with Crippen LogP contribution >= 0.6 is 0 Å². The molecule has 2 saturated carbocycles. The lowest BCUT2D eigenvalue weighted by molar-refractivity contribution is -0.121. The number of carbonyl (C=O) groups is 1. The number of Topliss-reactive ketones (excluding diaryl/α,β-unsaturated/α-hetero) is 1. The van der Waals surface area contributed by atoms with E-state index in [4.69, 9.17) is 0 Å². The van der Waals surface area contributed by atoms with Crippen LogP contribution in [0.1, 0.15) is 30.9 Å². The first-order chi connectivity index (χ1) is 9.25. The molecule has 1 N–H and O–H groups in total. The number of aliphatic hydroxyl groups excluding tert-OH is 1. The largest absolute Gasteiger partial charge is 0.384 e. The van der Waals surface area contributed by atoms with Crippen molar-refractivity contribution in [3.8, 4) is 0 Å². The molecule has 2 bridgehead atoms. The van der Waals surface area contributed by atoms with Crippen molar-refractivity contribution in [1.82, 2.24) is 0 Å². The van der Waals surface area contributed by atoms with Crippen molar-refractivity contribution in [3.05, 3.63) is 47.5 Å². The van der Waals surface area contributed by atoms with Gasteiger partial charge in [-0.15, -0.1) is 0 Å². The molecule has 0 aromatic heterocycles. The fourth-order valence-electron chi connectivity index (χ4n) is 4.49. The van der Waals surface area contributed by atoms with Crippen LogP contribution in [0.2, 0.25) is 0 Å². The second-order valence-corrected chi connectivity index (χ2v) is 6.24. The molecule has 5 atom stereocenters. The standard InChI is InChI=1S/C17H18O2/c18-16(10-4-2-1-3-5-10)14-9-13-11-6-7-12(8-11)15(13)17(14)19/h1-5,9,11-13,15-16,18H,6-8H2/t11-,12+,13+,15-,16+/m1/s1. The zero-order valence-electron chi connectivity index (χ0n) is 10.8. The van der Waals surface area contributed by atoms with Gasteiger partial charge in [0.25, 0.3) is 0 Å². The Labute approximate surface area is 113 Å². The molecule has 1 aromatic carbocycles. The minimum absolute atomic E-state index is 0.187. The van der Waals surface area contributed by atoms with Gasteiger partial charge in [0.15, 0.2) is 5.78 Å². The summed E-state index contributed by atoms with van der Waals surface area (Å²) in [4.78, 5) is 12.6. The minimum atomic E-state index is -0.737. The van der Waals surface area contributed by atoms with Crippen molar-refractivity contribution in [2.24, 2.45) is 23.7 Å². The predicted octanol–water partition coefficient (Wildman–Crippen LogP) is 2.89. The molecular weight excluding hydrogens is 236 g/mol.